The van der Waals surface area contributed by atoms with Crippen molar-refractivity contribution in [1.82, 2.24) is 40.3 Å². The van der Waals surface area contributed by atoms with Gasteiger partial charge in [-0.25, -0.2) is 14.4 Å². The zero-order valence-electron chi connectivity index (χ0n) is 41.6. The number of piperidine rings is 4. The van der Waals surface area contributed by atoms with Gasteiger partial charge in [0.1, 0.15) is 29.7 Å². The number of nitrogens with two attached hydrogens (primary N) is 1. The maximum atomic E-state index is 15.5. The molecule has 10 rings (SSSR count). The second-order valence-corrected chi connectivity index (χ2v) is 22.1. The van der Waals surface area contributed by atoms with Gasteiger partial charge in [0, 0.05) is 82.0 Å². The Morgan fingerprint density at radius 3 is 2.25 bits per heavy atom. The standard InChI is InChI=1S/C55H72ClFN10O5/c56-41-13-10-36(11-14-41)47(62-54(71)55(58)22-31-65(32-23-55)50-44-16-24-59-49(44)60-35-61-50)21-28-64-26-17-42(18-27-64)72-43-19-29-66(30-20-43)53(70)48(37-5-2-1-3-6-37)63-51(68)45-33-39(12-15-46(45)57)40-7-4-25-67(34-40)52(69)38-8-9-38/h10-16,24,33,35,37-38,40,42-43,47-48H,1-9,17-23,25-32,34,58H2,(H,62,71)(H,63,68)(H,59,60,61)/t40?,47-,48+/m0/s1. The first-order chi connectivity index (χ1) is 35.0. The Bertz CT molecular complexity index is 2530. The molecule has 6 aliphatic rings. The Kier molecular flexibility index (Phi) is 15.8. The van der Waals surface area contributed by atoms with Crippen LogP contribution in [0.4, 0.5) is 10.2 Å². The van der Waals surface area contributed by atoms with Crippen molar-refractivity contribution in [3.63, 3.8) is 0 Å². The normalized spacial score (nSPS) is 22.7. The number of hydrogen-bond donors (Lipinski definition) is 4. The monoisotopic (exact) mass is 1010 g/mol. The molecule has 2 aromatic heterocycles. The summed E-state index contributed by atoms with van der Waals surface area (Å²) < 4.78 is 22.2. The van der Waals surface area contributed by atoms with Gasteiger partial charge in [0.05, 0.1) is 34.7 Å². The molecule has 4 aliphatic heterocycles. The minimum Gasteiger partial charge on any atom is -0.375 e. The Morgan fingerprint density at radius 2 is 1.53 bits per heavy atom. The van der Waals surface area contributed by atoms with Crippen LogP contribution in [0.25, 0.3) is 11.0 Å². The van der Waals surface area contributed by atoms with E-state index in [9.17, 15) is 19.2 Å². The lowest BCUT2D eigenvalue weighted by molar-refractivity contribution is -0.139. The number of likely N-dealkylation sites (tertiary alicyclic amines) is 3. The van der Waals surface area contributed by atoms with E-state index in [-0.39, 0.29) is 59.3 Å². The fourth-order valence-electron chi connectivity index (χ4n) is 12.1. The number of nitrogens with one attached hydrogen (secondary N) is 3. The molecular formula is C55H72ClFN10O5. The first-order valence-electron chi connectivity index (χ1n) is 26.9. The van der Waals surface area contributed by atoms with Crippen molar-refractivity contribution >= 4 is 52.1 Å². The molecule has 3 atom stereocenters. The van der Waals surface area contributed by atoms with Crippen molar-refractivity contribution in [1.29, 1.82) is 0 Å². The van der Waals surface area contributed by atoms with Gasteiger partial charge in [-0.1, -0.05) is 49.1 Å². The van der Waals surface area contributed by atoms with Gasteiger partial charge in [-0.05, 0) is 131 Å². The van der Waals surface area contributed by atoms with Gasteiger partial charge in [0.25, 0.3) is 5.91 Å². The number of halogens is 2. The lowest BCUT2D eigenvalue weighted by atomic mass is 9.83. The van der Waals surface area contributed by atoms with E-state index in [0.717, 1.165) is 138 Å². The highest BCUT2D eigenvalue weighted by Gasteiger charge is 2.41. The summed E-state index contributed by atoms with van der Waals surface area (Å²) in [5.41, 5.74) is 8.47. The number of anilines is 1. The third-order valence-electron chi connectivity index (χ3n) is 16.8. The highest BCUT2D eigenvalue weighted by atomic mass is 35.5. The van der Waals surface area contributed by atoms with Crippen molar-refractivity contribution in [2.24, 2.45) is 17.6 Å². The highest BCUT2D eigenvalue weighted by Crippen LogP contribution is 2.36. The number of carbonyl (C=O) groups excluding carboxylic acids is 4. The van der Waals surface area contributed by atoms with E-state index in [2.05, 4.69) is 35.4 Å². The molecule has 4 aromatic rings. The molecule has 2 aromatic carbocycles. The third kappa shape index (κ3) is 11.8. The van der Waals surface area contributed by atoms with Crippen LogP contribution in [0.2, 0.25) is 5.02 Å². The van der Waals surface area contributed by atoms with Crippen molar-refractivity contribution < 1.29 is 28.3 Å². The van der Waals surface area contributed by atoms with E-state index in [0.29, 0.717) is 57.0 Å². The van der Waals surface area contributed by atoms with Gasteiger partial charge in [0.2, 0.25) is 17.7 Å². The first kappa shape index (κ1) is 50.4. The molecule has 5 N–H and O–H groups in total. The molecule has 0 spiro atoms. The third-order valence-corrected chi connectivity index (χ3v) is 17.0. The second kappa shape index (κ2) is 22.5. The fraction of sp³-hybridized carbons (Fsp3) is 0.600. The predicted molar refractivity (Wildman–Crippen MR) is 275 cm³/mol. The van der Waals surface area contributed by atoms with Gasteiger partial charge in [-0.2, -0.15) is 0 Å². The highest BCUT2D eigenvalue weighted by molar-refractivity contribution is 6.30. The van der Waals surface area contributed by atoms with Gasteiger partial charge in [-0.15, -0.1) is 0 Å². The summed E-state index contributed by atoms with van der Waals surface area (Å²) in [6.07, 6.45) is 17.0. The maximum absolute atomic E-state index is 15.5. The Labute approximate surface area is 427 Å². The number of amides is 4. The maximum Gasteiger partial charge on any atom is 0.254 e. The van der Waals surface area contributed by atoms with Crippen LogP contribution in [0.3, 0.4) is 0 Å². The summed E-state index contributed by atoms with van der Waals surface area (Å²) in [5, 5.41) is 7.99. The lowest BCUT2D eigenvalue weighted by Gasteiger charge is -2.40. The van der Waals surface area contributed by atoms with E-state index in [1.54, 1.807) is 18.5 Å². The van der Waals surface area contributed by atoms with Gasteiger partial charge in [-0.3, -0.25) is 19.2 Å². The molecule has 2 saturated carbocycles. The average molecular weight is 1010 g/mol. The van der Waals surface area contributed by atoms with Crippen molar-refractivity contribution in [3.8, 4) is 0 Å². The second-order valence-electron chi connectivity index (χ2n) is 21.6. The predicted octanol–water partition coefficient (Wildman–Crippen LogP) is 7.26. The zero-order valence-corrected chi connectivity index (χ0v) is 42.3. The van der Waals surface area contributed by atoms with Crippen LogP contribution in [0.15, 0.2) is 61.1 Å². The molecule has 72 heavy (non-hydrogen) atoms. The minimum atomic E-state index is -1.01. The van der Waals surface area contributed by atoms with Crippen LogP contribution in [0, 0.1) is 17.7 Å². The molecule has 17 heteroatoms. The van der Waals surface area contributed by atoms with Gasteiger partial charge >= 0.3 is 0 Å². The lowest BCUT2D eigenvalue weighted by Crippen LogP contribution is -2.60. The molecule has 6 fully saturated rings. The number of nitrogens with zero attached hydrogens (tertiary/aromatic N) is 6. The van der Waals surface area contributed by atoms with Crippen LogP contribution in [0.1, 0.15) is 136 Å². The van der Waals surface area contributed by atoms with Crippen LogP contribution in [0.5, 0.6) is 0 Å². The van der Waals surface area contributed by atoms with Crippen LogP contribution in [-0.2, 0) is 19.1 Å². The number of aromatic nitrogens is 3. The van der Waals surface area contributed by atoms with E-state index in [1.807, 2.05) is 46.3 Å². The molecule has 1 unspecified atom stereocenters. The summed E-state index contributed by atoms with van der Waals surface area (Å²) in [6, 6.07) is 13.5. The zero-order chi connectivity index (χ0) is 49.8. The quantitative estimate of drug-likeness (QED) is 0.0947. The topological polar surface area (TPSA) is 182 Å². The molecule has 15 nitrogen and oxygen atoms in total. The largest absolute Gasteiger partial charge is 0.375 e. The molecule has 6 heterocycles. The average Bonchev–Trinajstić information content (AvgIpc) is 4.15. The number of H-pyrrole nitrogens is 1. The van der Waals surface area contributed by atoms with E-state index in [4.69, 9.17) is 22.1 Å². The van der Waals surface area contributed by atoms with E-state index < -0.39 is 23.3 Å². The molecular weight excluding hydrogens is 935 g/mol. The fourth-order valence-corrected chi connectivity index (χ4v) is 12.2. The van der Waals surface area contributed by atoms with E-state index in [1.165, 1.54) is 6.07 Å². The molecule has 0 radical (unpaired) electrons. The van der Waals surface area contributed by atoms with E-state index >= 15 is 4.39 Å². The molecule has 4 saturated heterocycles. The molecule has 4 amide bonds. The number of fused-ring (bicyclic) bond motifs is 1. The molecule has 2 aliphatic carbocycles. The summed E-state index contributed by atoms with van der Waals surface area (Å²) in [7, 11) is 0. The Hall–Kier alpha value is -5.16. The van der Waals surface area contributed by atoms with Crippen molar-refractivity contribution in [2.45, 2.75) is 138 Å². The van der Waals surface area contributed by atoms with Crippen LogP contribution in [-0.4, -0.2) is 136 Å². The van der Waals surface area contributed by atoms with Gasteiger partial charge < -0.3 is 45.7 Å². The minimum absolute atomic E-state index is 0.00681. The number of hydrogen-bond acceptors (Lipinski definition) is 10. The Balaban J connectivity index is 0.693. The first-order valence-corrected chi connectivity index (χ1v) is 27.3. The Morgan fingerprint density at radius 1 is 0.806 bits per heavy atom. The van der Waals surface area contributed by atoms with Crippen molar-refractivity contribution in [2.75, 3.05) is 63.8 Å². The van der Waals surface area contributed by atoms with Crippen LogP contribution >= 0.6 is 11.6 Å². The summed E-state index contributed by atoms with van der Waals surface area (Å²) in [4.78, 5) is 75.8. The number of aromatic amines is 1. The molecule has 386 valence electrons. The number of ether oxygens (including phenoxy) is 1. The summed E-state index contributed by atoms with van der Waals surface area (Å²) in [6.45, 7) is 6.18. The smallest absolute Gasteiger partial charge is 0.254 e. The number of benzene rings is 2. The van der Waals surface area contributed by atoms with Gasteiger partial charge in [0.15, 0.2) is 0 Å². The van der Waals surface area contributed by atoms with Crippen molar-refractivity contribution in [3.05, 3.63) is 88.6 Å². The number of rotatable bonds is 15. The SMILES string of the molecule is NC1(C(=O)N[C@@H](CCN2CCC(OC3CCN(C(=O)[C@H](NC(=O)c4cc(C5CCCN(C(=O)C6CC6)C5)ccc4F)C4CCCCC4)CC3)CC2)c2ccc(Cl)cc2)CCN(c2ncnc3[nH]ccc23)CC1. The van der Waals surface area contributed by atoms with Crippen LogP contribution < -0.4 is 21.3 Å². The summed E-state index contributed by atoms with van der Waals surface area (Å²) in [5.74, 6) is -0.141. The summed E-state index contributed by atoms with van der Waals surface area (Å²) >= 11 is 6.29. The number of carbonyl (C=O) groups is 4. The molecule has 0 bridgehead atoms.